The predicted octanol–water partition coefficient (Wildman–Crippen LogP) is 0.364. The van der Waals surface area contributed by atoms with Gasteiger partial charge in [0.25, 0.3) is 0 Å². The fraction of sp³-hybridized carbons (Fsp3) is 0.769. The zero-order chi connectivity index (χ0) is 14.8. The number of hydrogen-bond donors (Lipinski definition) is 2. The number of carbonyl (C=O) groups excluding carboxylic acids is 1. The van der Waals surface area contributed by atoms with Crippen LogP contribution in [-0.4, -0.2) is 40.1 Å². The van der Waals surface area contributed by atoms with Crippen molar-refractivity contribution < 1.29 is 9.32 Å². The maximum absolute atomic E-state index is 12.0. The molecule has 1 saturated heterocycles. The molecule has 1 aliphatic rings. The molecule has 1 aromatic rings. The van der Waals surface area contributed by atoms with Crippen LogP contribution in [0.15, 0.2) is 4.52 Å². The molecule has 0 spiro atoms. The molecule has 0 bridgehead atoms. The van der Waals surface area contributed by atoms with Gasteiger partial charge in [0, 0.05) is 13.1 Å². The van der Waals surface area contributed by atoms with Crippen LogP contribution in [0.2, 0.25) is 0 Å². The molecule has 2 heterocycles. The summed E-state index contributed by atoms with van der Waals surface area (Å²) in [5.74, 6) is 1.07. The van der Waals surface area contributed by atoms with E-state index in [2.05, 4.69) is 20.4 Å². The van der Waals surface area contributed by atoms with E-state index in [1.165, 1.54) is 0 Å². The molecule has 20 heavy (non-hydrogen) atoms. The maximum atomic E-state index is 12.0. The Morgan fingerprint density at radius 2 is 2.30 bits per heavy atom. The van der Waals surface area contributed by atoms with Gasteiger partial charge in [-0.15, -0.1) is 0 Å². The van der Waals surface area contributed by atoms with Crippen LogP contribution in [0.1, 0.15) is 45.3 Å². The SMILES string of the molecule is CC[C@H]1C(=O)NCCCN1Cc1nc(C(C)(C)N)no1. The number of nitrogens with one attached hydrogen (secondary N) is 1. The van der Waals surface area contributed by atoms with E-state index in [-0.39, 0.29) is 11.9 Å². The lowest BCUT2D eigenvalue weighted by Crippen LogP contribution is -2.43. The van der Waals surface area contributed by atoms with Gasteiger partial charge in [0.15, 0.2) is 5.82 Å². The highest BCUT2D eigenvalue weighted by atomic mass is 16.5. The summed E-state index contributed by atoms with van der Waals surface area (Å²) in [5, 5.41) is 6.83. The second-order valence-corrected chi connectivity index (χ2v) is 5.77. The Kier molecular flexibility index (Phi) is 4.39. The van der Waals surface area contributed by atoms with Crippen molar-refractivity contribution in [3.05, 3.63) is 11.7 Å². The Balaban J connectivity index is 2.10. The largest absolute Gasteiger partial charge is 0.355 e. The zero-order valence-electron chi connectivity index (χ0n) is 12.3. The predicted molar refractivity (Wildman–Crippen MR) is 73.6 cm³/mol. The normalized spacial score (nSPS) is 21.6. The van der Waals surface area contributed by atoms with Crippen LogP contribution < -0.4 is 11.1 Å². The Bertz CT molecular complexity index is 466. The average Bonchev–Trinajstić information content (AvgIpc) is 2.76. The van der Waals surface area contributed by atoms with Crippen molar-refractivity contribution >= 4 is 5.91 Å². The van der Waals surface area contributed by atoms with Crippen LogP contribution in [0.5, 0.6) is 0 Å². The molecule has 1 amide bonds. The zero-order valence-corrected chi connectivity index (χ0v) is 12.3. The highest BCUT2D eigenvalue weighted by Crippen LogP contribution is 2.16. The Morgan fingerprint density at radius 1 is 1.55 bits per heavy atom. The van der Waals surface area contributed by atoms with E-state index < -0.39 is 5.54 Å². The molecular formula is C13H23N5O2. The number of aromatic nitrogens is 2. The summed E-state index contributed by atoms with van der Waals surface area (Å²) in [4.78, 5) is 18.4. The molecule has 1 atom stereocenters. The van der Waals surface area contributed by atoms with Gasteiger partial charge in [0.1, 0.15) is 0 Å². The minimum atomic E-state index is -0.623. The summed E-state index contributed by atoms with van der Waals surface area (Å²) < 4.78 is 5.25. The highest BCUT2D eigenvalue weighted by molar-refractivity contribution is 5.81. The van der Waals surface area contributed by atoms with Gasteiger partial charge in [-0.3, -0.25) is 9.69 Å². The van der Waals surface area contributed by atoms with Crippen molar-refractivity contribution in [2.75, 3.05) is 13.1 Å². The lowest BCUT2D eigenvalue weighted by Gasteiger charge is -2.25. The van der Waals surface area contributed by atoms with Gasteiger partial charge in [-0.1, -0.05) is 12.1 Å². The number of rotatable bonds is 4. The van der Waals surface area contributed by atoms with Gasteiger partial charge in [0.05, 0.1) is 18.1 Å². The van der Waals surface area contributed by atoms with E-state index in [9.17, 15) is 4.79 Å². The number of amides is 1. The van der Waals surface area contributed by atoms with E-state index in [1.54, 1.807) is 0 Å². The fourth-order valence-electron chi connectivity index (χ4n) is 2.32. The van der Waals surface area contributed by atoms with Crippen molar-refractivity contribution in [1.82, 2.24) is 20.4 Å². The van der Waals surface area contributed by atoms with Crippen LogP contribution in [0.3, 0.4) is 0 Å². The highest BCUT2D eigenvalue weighted by Gasteiger charge is 2.29. The van der Waals surface area contributed by atoms with Gasteiger partial charge >= 0.3 is 0 Å². The molecule has 1 aromatic heterocycles. The quantitative estimate of drug-likeness (QED) is 0.827. The van der Waals surface area contributed by atoms with Crippen LogP contribution in [0.4, 0.5) is 0 Å². The van der Waals surface area contributed by atoms with E-state index in [4.69, 9.17) is 10.3 Å². The molecule has 0 aliphatic carbocycles. The van der Waals surface area contributed by atoms with Gasteiger partial charge < -0.3 is 15.6 Å². The number of nitrogens with zero attached hydrogens (tertiary/aromatic N) is 3. The third-order valence-corrected chi connectivity index (χ3v) is 3.43. The molecule has 1 fully saturated rings. The van der Waals surface area contributed by atoms with Crippen molar-refractivity contribution in [3.63, 3.8) is 0 Å². The van der Waals surface area contributed by atoms with E-state index in [0.29, 0.717) is 18.3 Å². The van der Waals surface area contributed by atoms with Crippen LogP contribution >= 0.6 is 0 Å². The number of hydrogen-bond acceptors (Lipinski definition) is 6. The van der Waals surface area contributed by atoms with Crippen molar-refractivity contribution in [3.8, 4) is 0 Å². The van der Waals surface area contributed by atoms with E-state index in [0.717, 1.165) is 25.9 Å². The molecule has 112 valence electrons. The molecule has 0 radical (unpaired) electrons. The summed E-state index contributed by atoms with van der Waals surface area (Å²) in [5.41, 5.74) is 5.32. The lowest BCUT2D eigenvalue weighted by molar-refractivity contribution is -0.125. The Morgan fingerprint density at radius 3 is 2.90 bits per heavy atom. The summed E-state index contributed by atoms with van der Waals surface area (Å²) >= 11 is 0. The topological polar surface area (TPSA) is 97.3 Å². The van der Waals surface area contributed by atoms with Gasteiger partial charge in [-0.25, -0.2) is 0 Å². The van der Waals surface area contributed by atoms with Crippen molar-refractivity contribution in [1.29, 1.82) is 0 Å². The first-order chi connectivity index (χ1) is 9.41. The smallest absolute Gasteiger partial charge is 0.240 e. The first-order valence-corrected chi connectivity index (χ1v) is 7.05. The Labute approximate surface area is 118 Å². The molecule has 0 saturated carbocycles. The summed E-state index contributed by atoms with van der Waals surface area (Å²) in [6, 6.07) is -0.140. The second kappa shape index (κ2) is 5.88. The van der Waals surface area contributed by atoms with E-state index >= 15 is 0 Å². The van der Waals surface area contributed by atoms with Crippen LogP contribution in [0.25, 0.3) is 0 Å². The van der Waals surface area contributed by atoms with Crippen LogP contribution in [-0.2, 0) is 16.9 Å². The number of nitrogens with two attached hydrogens (primary N) is 1. The molecular weight excluding hydrogens is 258 g/mol. The standard InChI is InChI=1S/C13H23N5O2/c1-4-9-11(19)15-6-5-7-18(9)8-10-16-12(17-20-10)13(2,3)14/h9H,4-8,14H2,1-3H3,(H,15,19)/t9-/m0/s1. The molecule has 7 heteroatoms. The van der Waals surface area contributed by atoms with Crippen molar-refractivity contribution in [2.45, 2.75) is 51.7 Å². The molecule has 0 aromatic carbocycles. The second-order valence-electron chi connectivity index (χ2n) is 5.77. The monoisotopic (exact) mass is 281 g/mol. The first-order valence-electron chi connectivity index (χ1n) is 7.05. The summed E-state index contributed by atoms with van der Waals surface area (Å²) in [7, 11) is 0. The van der Waals surface area contributed by atoms with Gasteiger partial charge in [-0.05, 0) is 26.7 Å². The molecule has 3 N–H and O–H groups in total. The minimum Gasteiger partial charge on any atom is -0.355 e. The third-order valence-electron chi connectivity index (χ3n) is 3.43. The molecule has 7 nitrogen and oxygen atoms in total. The first kappa shape index (κ1) is 14.9. The minimum absolute atomic E-state index is 0.0730. The van der Waals surface area contributed by atoms with Crippen molar-refractivity contribution in [2.24, 2.45) is 5.73 Å². The molecule has 1 aliphatic heterocycles. The van der Waals surface area contributed by atoms with Gasteiger partial charge in [-0.2, -0.15) is 4.98 Å². The molecule has 2 rings (SSSR count). The fourth-order valence-corrected chi connectivity index (χ4v) is 2.32. The average molecular weight is 281 g/mol. The number of carbonyl (C=O) groups is 1. The summed E-state index contributed by atoms with van der Waals surface area (Å²) in [6.07, 6.45) is 1.68. The maximum Gasteiger partial charge on any atom is 0.240 e. The Hall–Kier alpha value is -1.47. The van der Waals surface area contributed by atoms with Crippen LogP contribution in [0, 0.1) is 0 Å². The van der Waals surface area contributed by atoms with Gasteiger partial charge in [0.2, 0.25) is 11.8 Å². The van der Waals surface area contributed by atoms with E-state index in [1.807, 2.05) is 20.8 Å². The molecule has 0 unspecified atom stereocenters. The summed E-state index contributed by atoms with van der Waals surface area (Å²) in [6.45, 7) is 7.70. The third kappa shape index (κ3) is 3.34. The lowest BCUT2D eigenvalue weighted by atomic mass is 10.1.